The molecule has 1 aromatic carbocycles. The lowest BCUT2D eigenvalue weighted by molar-refractivity contribution is 0.0696. The molecule has 1 aromatic heterocycles. The molecule has 7 heteroatoms. The molecule has 0 saturated carbocycles. The number of carboxylic acids is 1. The lowest BCUT2D eigenvalue weighted by Gasteiger charge is -2.15. The van der Waals surface area contributed by atoms with Gasteiger partial charge in [0.1, 0.15) is 12.2 Å². The van der Waals surface area contributed by atoms with E-state index in [9.17, 15) is 9.59 Å². The fourth-order valence-electron chi connectivity index (χ4n) is 2.30. The number of rotatable bonds is 5. The second-order valence-corrected chi connectivity index (χ2v) is 4.91. The average molecular weight is 302 g/mol. The Hall–Kier alpha value is -2.70. The van der Waals surface area contributed by atoms with Crippen LogP contribution in [0.25, 0.3) is 0 Å². The summed E-state index contributed by atoms with van der Waals surface area (Å²) in [7, 11) is 0. The number of aromatic nitrogens is 3. The van der Waals surface area contributed by atoms with Crippen molar-refractivity contribution in [1.82, 2.24) is 20.1 Å². The second kappa shape index (κ2) is 6.38. The van der Waals surface area contributed by atoms with E-state index in [1.807, 2.05) is 13.8 Å². The van der Waals surface area contributed by atoms with E-state index in [-0.39, 0.29) is 17.5 Å². The molecule has 0 bridgehead atoms. The van der Waals surface area contributed by atoms with Gasteiger partial charge in [-0.25, -0.2) is 14.5 Å². The fourth-order valence-corrected chi connectivity index (χ4v) is 2.30. The van der Waals surface area contributed by atoms with Gasteiger partial charge in [0.2, 0.25) is 0 Å². The molecule has 1 amide bonds. The van der Waals surface area contributed by atoms with Crippen LogP contribution in [0.4, 0.5) is 0 Å². The minimum Gasteiger partial charge on any atom is -0.478 e. The molecule has 22 heavy (non-hydrogen) atoms. The van der Waals surface area contributed by atoms with Crippen LogP contribution >= 0.6 is 0 Å². The number of carbonyl (C=O) groups is 2. The number of nitrogens with zero attached hydrogens (tertiary/aromatic N) is 3. The summed E-state index contributed by atoms with van der Waals surface area (Å²) >= 11 is 0. The summed E-state index contributed by atoms with van der Waals surface area (Å²) in [6.45, 7) is 6.03. The third kappa shape index (κ3) is 2.98. The second-order valence-electron chi connectivity index (χ2n) is 4.91. The summed E-state index contributed by atoms with van der Waals surface area (Å²) in [6.07, 6.45) is 1.44. The maximum absolute atomic E-state index is 12.4. The van der Waals surface area contributed by atoms with Crippen LogP contribution in [0.1, 0.15) is 52.0 Å². The number of benzene rings is 1. The normalized spacial score (nSPS) is 12.0. The highest BCUT2D eigenvalue weighted by atomic mass is 16.4. The topological polar surface area (TPSA) is 97.1 Å². The zero-order valence-corrected chi connectivity index (χ0v) is 12.7. The Morgan fingerprint density at radius 3 is 2.68 bits per heavy atom. The molecular formula is C15H18N4O3. The number of hydrogen-bond acceptors (Lipinski definition) is 4. The van der Waals surface area contributed by atoms with Gasteiger partial charge in [0.05, 0.1) is 11.6 Å². The van der Waals surface area contributed by atoms with Crippen LogP contribution in [0.2, 0.25) is 0 Å². The van der Waals surface area contributed by atoms with Crippen LogP contribution in [0.3, 0.4) is 0 Å². The van der Waals surface area contributed by atoms with Gasteiger partial charge in [-0.3, -0.25) is 4.79 Å². The van der Waals surface area contributed by atoms with Gasteiger partial charge in [-0.2, -0.15) is 5.10 Å². The molecule has 2 rings (SSSR count). The zero-order valence-electron chi connectivity index (χ0n) is 12.7. The zero-order chi connectivity index (χ0) is 16.3. The molecule has 7 nitrogen and oxygen atoms in total. The predicted molar refractivity (Wildman–Crippen MR) is 79.7 cm³/mol. The van der Waals surface area contributed by atoms with Crippen molar-refractivity contribution in [2.45, 2.75) is 33.4 Å². The maximum Gasteiger partial charge on any atom is 0.335 e. The van der Waals surface area contributed by atoms with E-state index >= 15 is 0 Å². The summed E-state index contributed by atoms with van der Waals surface area (Å²) < 4.78 is 1.70. The molecule has 2 aromatic rings. The molecule has 0 aliphatic rings. The molecule has 0 saturated heterocycles. The molecule has 1 atom stereocenters. The predicted octanol–water partition coefficient (Wildman–Crippen LogP) is 1.80. The van der Waals surface area contributed by atoms with Crippen molar-refractivity contribution in [2.24, 2.45) is 0 Å². The highest BCUT2D eigenvalue weighted by molar-refractivity contribution is 5.99. The Bertz CT molecular complexity index is 709. The number of amides is 1. The highest BCUT2D eigenvalue weighted by Gasteiger charge is 2.19. The molecule has 0 spiro atoms. The van der Waals surface area contributed by atoms with Gasteiger partial charge < -0.3 is 10.4 Å². The van der Waals surface area contributed by atoms with Gasteiger partial charge in [0.15, 0.2) is 0 Å². The lowest BCUT2D eigenvalue weighted by Crippen LogP contribution is -2.29. The van der Waals surface area contributed by atoms with Crippen LogP contribution in [0.15, 0.2) is 24.5 Å². The first-order valence-corrected chi connectivity index (χ1v) is 6.97. The van der Waals surface area contributed by atoms with Crippen LogP contribution in [0, 0.1) is 6.92 Å². The van der Waals surface area contributed by atoms with Crippen molar-refractivity contribution >= 4 is 11.9 Å². The van der Waals surface area contributed by atoms with Crippen molar-refractivity contribution in [3.05, 3.63) is 47.0 Å². The lowest BCUT2D eigenvalue weighted by atomic mass is 10.0. The van der Waals surface area contributed by atoms with E-state index < -0.39 is 5.97 Å². The third-order valence-corrected chi connectivity index (χ3v) is 3.49. The van der Waals surface area contributed by atoms with E-state index in [4.69, 9.17) is 5.11 Å². The van der Waals surface area contributed by atoms with E-state index in [0.29, 0.717) is 23.5 Å². The molecular weight excluding hydrogens is 284 g/mol. The van der Waals surface area contributed by atoms with Gasteiger partial charge >= 0.3 is 5.97 Å². The smallest absolute Gasteiger partial charge is 0.335 e. The van der Waals surface area contributed by atoms with Crippen LogP contribution in [-0.2, 0) is 6.54 Å². The highest BCUT2D eigenvalue weighted by Crippen LogP contribution is 2.16. The molecule has 0 fully saturated rings. The van der Waals surface area contributed by atoms with Crippen LogP contribution in [0.5, 0.6) is 0 Å². The Morgan fingerprint density at radius 2 is 2.05 bits per heavy atom. The van der Waals surface area contributed by atoms with Gasteiger partial charge in [0.25, 0.3) is 5.91 Å². The molecule has 116 valence electrons. The number of hydrogen-bond donors (Lipinski definition) is 2. The van der Waals surface area contributed by atoms with Gasteiger partial charge in [0, 0.05) is 12.1 Å². The number of aromatic carboxylic acids is 1. The molecule has 1 unspecified atom stereocenters. The number of carbonyl (C=O) groups excluding carboxylic acids is 1. The third-order valence-electron chi connectivity index (χ3n) is 3.49. The van der Waals surface area contributed by atoms with E-state index in [2.05, 4.69) is 15.4 Å². The van der Waals surface area contributed by atoms with E-state index in [0.717, 1.165) is 0 Å². The summed E-state index contributed by atoms with van der Waals surface area (Å²) in [6, 6.07) is 4.31. The summed E-state index contributed by atoms with van der Waals surface area (Å²) in [5.74, 6) is -0.729. The first-order valence-electron chi connectivity index (χ1n) is 6.97. The van der Waals surface area contributed by atoms with Crippen molar-refractivity contribution in [3.8, 4) is 0 Å². The Kier molecular flexibility index (Phi) is 4.55. The summed E-state index contributed by atoms with van der Waals surface area (Å²) in [5, 5.41) is 16.0. The van der Waals surface area contributed by atoms with Crippen LogP contribution < -0.4 is 5.32 Å². The quantitative estimate of drug-likeness (QED) is 0.877. The molecule has 0 aliphatic heterocycles. The van der Waals surface area contributed by atoms with Gasteiger partial charge in [-0.15, -0.1) is 0 Å². The molecule has 2 N–H and O–H groups in total. The van der Waals surface area contributed by atoms with E-state index in [1.165, 1.54) is 12.4 Å². The van der Waals surface area contributed by atoms with E-state index in [1.54, 1.807) is 23.7 Å². The number of nitrogens with one attached hydrogen (secondary N) is 1. The largest absolute Gasteiger partial charge is 0.478 e. The first-order chi connectivity index (χ1) is 10.5. The van der Waals surface area contributed by atoms with Crippen LogP contribution in [-0.4, -0.2) is 31.7 Å². The monoisotopic (exact) mass is 302 g/mol. The summed E-state index contributed by atoms with van der Waals surface area (Å²) in [4.78, 5) is 27.7. The maximum atomic E-state index is 12.4. The molecule has 0 aliphatic carbocycles. The van der Waals surface area contributed by atoms with Crippen molar-refractivity contribution < 1.29 is 14.7 Å². The minimum absolute atomic E-state index is 0.122. The fraction of sp³-hybridized carbons (Fsp3) is 0.333. The summed E-state index contributed by atoms with van der Waals surface area (Å²) in [5.41, 5.74) is 0.906. The SMILES string of the molecule is CCn1ncnc1C(C)NC(=O)c1cccc(C(=O)O)c1C. The standard InChI is InChI=1S/C15H18N4O3/c1-4-19-13(16-8-17-19)10(3)18-14(20)11-6-5-7-12(9(11)2)15(21)22/h5-8,10H,4H2,1-3H3,(H,18,20)(H,21,22). The Morgan fingerprint density at radius 1 is 1.36 bits per heavy atom. The first kappa shape index (κ1) is 15.7. The Labute approximate surface area is 128 Å². The Balaban J connectivity index is 2.23. The van der Waals surface area contributed by atoms with Gasteiger partial charge in [-0.05, 0) is 38.5 Å². The van der Waals surface area contributed by atoms with Crippen molar-refractivity contribution in [3.63, 3.8) is 0 Å². The minimum atomic E-state index is -1.05. The molecule has 1 heterocycles. The van der Waals surface area contributed by atoms with Crippen molar-refractivity contribution in [1.29, 1.82) is 0 Å². The molecule has 0 radical (unpaired) electrons. The number of aryl methyl sites for hydroxylation is 1. The number of carboxylic acid groups (broad SMARTS) is 1. The van der Waals surface area contributed by atoms with Gasteiger partial charge in [-0.1, -0.05) is 6.07 Å². The average Bonchev–Trinajstić information content (AvgIpc) is 2.95. The van der Waals surface area contributed by atoms with Crippen molar-refractivity contribution in [2.75, 3.05) is 0 Å².